The number of aromatic nitrogens is 2. The molecule has 0 radical (unpaired) electrons. The maximum absolute atomic E-state index is 4.48. The molecular weight excluding hydrogens is 661 g/mol. The molecule has 1 aromatic heterocycles. The van der Waals surface area contributed by atoms with Gasteiger partial charge in [0.1, 0.15) is 10.0 Å². The summed E-state index contributed by atoms with van der Waals surface area (Å²) in [4.78, 5) is 0. The minimum Gasteiger partial charge on any atom is -0.144 e. The smallest absolute Gasteiger partial charge is 0.117 e. The van der Waals surface area contributed by atoms with E-state index < -0.39 is 0 Å². The molecule has 254 valence electrons. The first-order valence-electron chi connectivity index (χ1n) is 18.0. The molecule has 0 saturated heterocycles. The lowest BCUT2D eigenvalue weighted by atomic mass is 10.1. The Morgan fingerprint density at radius 1 is 0.372 bits per heavy atom. The van der Waals surface area contributed by atoms with Crippen molar-refractivity contribution in [3.63, 3.8) is 0 Å². The van der Waals surface area contributed by atoms with Crippen LogP contribution < -0.4 is 0 Å². The van der Waals surface area contributed by atoms with Crippen LogP contribution in [0.2, 0.25) is 0 Å². The van der Waals surface area contributed by atoms with Gasteiger partial charge >= 0.3 is 0 Å². The number of hydrogen-bond donors (Lipinski definition) is 0. The number of aryl methyl sites for hydroxylation is 2. The molecule has 2 nitrogen and oxygen atoms in total. The molecule has 0 aliphatic carbocycles. The van der Waals surface area contributed by atoms with Gasteiger partial charge in [0.05, 0.1) is 0 Å². The molecule has 0 spiro atoms. The molecule has 0 saturated carbocycles. The molecule has 0 unspecified atom stereocenters. The van der Waals surface area contributed by atoms with Crippen LogP contribution in [0.4, 0.5) is 0 Å². The maximum atomic E-state index is 4.48. The van der Waals surface area contributed by atoms with Crippen LogP contribution in [0.15, 0.2) is 0 Å². The fourth-order valence-electron chi connectivity index (χ4n) is 4.87. The lowest BCUT2D eigenvalue weighted by molar-refractivity contribution is 0.605. The second kappa shape index (κ2) is 36.5. The molecule has 0 N–H and O–H groups in total. The molecule has 1 rings (SSSR count). The lowest BCUT2D eigenvalue weighted by Gasteiger charge is -2.03. The van der Waals surface area contributed by atoms with Gasteiger partial charge in [0.15, 0.2) is 0 Å². The van der Waals surface area contributed by atoms with E-state index >= 15 is 0 Å². The summed E-state index contributed by atoms with van der Waals surface area (Å²) in [5.41, 5.74) is 0. The molecular formula is C34H66N2S7. The van der Waals surface area contributed by atoms with E-state index in [0.717, 1.165) is 12.8 Å². The summed E-state index contributed by atoms with van der Waals surface area (Å²) in [6.45, 7) is 4.59. The molecule has 0 amide bonds. The van der Waals surface area contributed by atoms with Crippen molar-refractivity contribution in [1.29, 1.82) is 0 Å². The Morgan fingerprint density at radius 3 is 0.977 bits per heavy atom. The van der Waals surface area contributed by atoms with Gasteiger partial charge in [-0.25, -0.2) is 0 Å². The minimum absolute atomic E-state index is 1.13. The Bertz CT molecular complexity index is 610. The van der Waals surface area contributed by atoms with Gasteiger partial charge in [-0.3, -0.25) is 0 Å². The summed E-state index contributed by atoms with van der Waals surface area (Å²) in [6.07, 6.45) is 35.6. The van der Waals surface area contributed by atoms with E-state index in [1.807, 2.05) is 31.0 Å². The van der Waals surface area contributed by atoms with Crippen LogP contribution in [-0.4, -0.2) is 33.2 Å². The zero-order valence-electron chi connectivity index (χ0n) is 28.0. The minimum atomic E-state index is 1.13. The second-order valence-electron chi connectivity index (χ2n) is 11.8. The fraction of sp³-hybridized carbons (Fsp3) is 0.941. The van der Waals surface area contributed by atoms with Crippen LogP contribution in [0.3, 0.4) is 0 Å². The Labute approximate surface area is 295 Å². The molecule has 1 aromatic rings. The van der Waals surface area contributed by atoms with E-state index in [1.165, 1.54) is 187 Å². The summed E-state index contributed by atoms with van der Waals surface area (Å²) < 4.78 is 0. The lowest BCUT2D eigenvalue weighted by Crippen LogP contribution is -1.87. The van der Waals surface area contributed by atoms with Gasteiger partial charge in [-0.05, 0) is 58.2 Å². The summed E-state index contributed by atoms with van der Waals surface area (Å²) in [7, 11) is 12.3. The van der Waals surface area contributed by atoms with Gasteiger partial charge in [-0.15, -0.1) is 21.5 Å². The Hall–Kier alpha value is 1.66. The summed E-state index contributed by atoms with van der Waals surface area (Å²) in [5, 5.41) is 11.5. The van der Waals surface area contributed by atoms with Crippen LogP contribution in [-0.2, 0) is 12.8 Å². The van der Waals surface area contributed by atoms with E-state index in [1.54, 1.807) is 0 Å². The standard InChI is InChI=1S/C34H66N2S7/c1-3-5-7-9-17-23-29-37-42-39-31-25-19-13-11-15-21-27-33-35-36-34(41-33)28-22-16-12-14-20-26-32-40-43-38-30-24-18-10-8-6-4-2/h3-32H2,1-2H3. The summed E-state index contributed by atoms with van der Waals surface area (Å²) in [5.74, 6) is 5.30. The SMILES string of the molecule is CCCCCCCCSSSCCCCCCCCc1nnc(CCCCCCCCSSSCCCCCCCC)s1. The third-order valence-electron chi connectivity index (χ3n) is 7.60. The van der Waals surface area contributed by atoms with Crippen molar-refractivity contribution in [2.24, 2.45) is 0 Å². The quantitative estimate of drug-likeness (QED) is 0.0498. The van der Waals surface area contributed by atoms with Crippen LogP contribution in [0.25, 0.3) is 0 Å². The second-order valence-corrected chi connectivity index (χ2v) is 21.9. The van der Waals surface area contributed by atoms with Gasteiger partial charge in [0.25, 0.3) is 0 Å². The number of hydrogen-bond acceptors (Lipinski definition) is 9. The van der Waals surface area contributed by atoms with Crippen molar-refractivity contribution in [2.75, 3.05) is 23.0 Å². The van der Waals surface area contributed by atoms with Crippen LogP contribution in [0.1, 0.15) is 178 Å². The molecule has 43 heavy (non-hydrogen) atoms. The first kappa shape index (κ1) is 42.7. The third-order valence-corrected chi connectivity index (χ3v) is 17.5. The fourth-order valence-corrected chi connectivity index (χ4v) is 13.8. The Kier molecular flexibility index (Phi) is 36.2. The highest BCUT2D eigenvalue weighted by molar-refractivity contribution is 9.09. The van der Waals surface area contributed by atoms with Crippen LogP contribution in [0, 0.1) is 0 Å². The van der Waals surface area contributed by atoms with Gasteiger partial charge in [0.2, 0.25) is 0 Å². The van der Waals surface area contributed by atoms with Gasteiger partial charge in [0, 0.05) is 35.9 Å². The Morgan fingerprint density at radius 2 is 0.651 bits per heavy atom. The van der Waals surface area contributed by atoms with Crippen molar-refractivity contribution >= 4 is 74.2 Å². The normalized spacial score (nSPS) is 11.6. The monoisotopic (exact) mass is 726 g/mol. The van der Waals surface area contributed by atoms with E-state index in [0.29, 0.717) is 0 Å². The number of nitrogens with zero attached hydrogens (tertiary/aromatic N) is 2. The van der Waals surface area contributed by atoms with Gasteiger partial charge in [-0.1, -0.05) is 173 Å². The third kappa shape index (κ3) is 32.0. The first-order chi connectivity index (χ1) is 21.4. The number of rotatable bonds is 36. The predicted molar refractivity (Wildman–Crippen MR) is 214 cm³/mol. The van der Waals surface area contributed by atoms with Crippen molar-refractivity contribution in [2.45, 2.75) is 181 Å². The highest BCUT2D eigenvalue weighted by Gasteiger charge is 2.05. The zero-order valence-corrected chi connectivity index (χ0v) is 33.7. The topological polar surface area (TPSA) is 25.8 Å². The highest BCUT2D eigenvalue weighted by atomic mass is 33.5. The molecule has 0 atom stereocenters. The molecule has 0 aliphatic heterocycles. The summed E-state index contributed by atoms with van der Waals surface area (Å²) >= 11 is 1.87. The van der Waals surface area contributed by atoms with Gasteiger partial charge in [-0.2, -0.15) is 0 Å². The molecule has 0 fully saturated rings. The van der Waals surface area contributed by atoms with E-state index in [9.17, 15) is 0 Å². The predicted octanol–water partition coefficient (Wildman–Crippen LogP) is 15.1. The molecule has 0 aromatic carbocycles. The van der Waals surface area contributed by atoms with E-state index in [4.69, 9.17) is 0 Å². The van der Waals surface area contributed by atoms with Crippen molar-refractivity contribution in [3.05, 3.63) is 10.0 Å². The maximum Gasteiger partial charge on any atom is 0.117 e. The average Bonchev–Trinajstić information content (AvgIpc) is 3.47. The largest absolute Gasteiger partial charge is 0.144 e. The van der Waals surface area contributed by atoms with Crippen molar-refractivity contribution in [1.82, 2.24) is 10.2 Å². The number of unbranched alkanes of at least 4 members (excludes halogenated alkanes) is 20. The first-order valence-corrected chi connectivity index (χ1v) is 26.5. The van der Waals surface area contributed by atoms with Crippen molar-refractivity contribution < 1.29 is 0 Å². The van der Waals surface area contributed by atoms with Crippen molar-refractivity contribution in [3.8, 4) is 0 Å². The van der Waals surface area contributed by atoms with Crippen LogP contribution in [0.5, 0.6) is 0 Å². The van der Waals surface area contributed by atoms with E-state index in [-0.39, 0.29) is 0 Å². The molecule has 0 bridgehead atoms. The summed E-state index contributed by atoms with van der Waals surface area (Å²) in [6, 6.07) is 0. The molecule has 9 heteroatoms. The molecule has 1 heterocycles. The molecule has 0 aliphatic rings. The zero-order chi connectivity index (χ0) is 30.7. The average molecular weight is 727 g/mol. The van der Waals surface area contributed by atoms with E-state index in [2.05, 4.69) is 67.2 Å². The van der Waals surface area contributed by atoms with Crippen LogP contribution >= 0.6 is 74.2 Å². The highest BCUT2D eigenvalue weighted by Crippen LogP contribution is 2.36. The Balaban J connectivity index is 1.77. The van der Waals surface area contributed by atoms with Gasteiger partial charge < -0.3 is 0 Å².